The Bertz CT molecular complexity index is 768. The molecule has 2 aromatic carbocycles. The standard InChI is InChI=1S/C21H23N3O/c1-17-3-2-4-20(15-17)23-11-13-24(14-12-23)21(25)10-9-18-5-7-19(16-22)8-6-18/h2-8,15H,9-14H2,1H3. The van der Waals surface area contributed by atoms with Crippen LogP contribution in [0.15, 0.2) is 48.5 Å². The zero-order valence-electron chi connectivity index (χ0n) is 14.6. The Balaban J connectivity index is 1.49. The zero-order chi connectivity index (χ0) is 17.6. The van der Waals surface area contributed by atoms with Gasteiger partial charge in [0, 0.05) is 38.3 Å². The molecule has 0 spiro atoms. The Hall–Kier alpha value is -2.80. The van der Waals surface area contributed by atoms with E-state index >= 15 is 0 Å². The molecule has 0 aliphatic carbocycles. The predicted molar refractivity (Wildman–Crippen MR) is 99.5 cm³/mol. The summed E-state index contributed by atoms with van der Waals surface area (Å²) in [6, 6.07) is 18.1. The number of hydrogen-bond donors (Lipinski definition) is 0. The van der Waals surface area contributed by atoms with Crippen LogP contribution in [0.5, 0.6) is 0 Å². The van der Waals surface area contributed by atoms with Gasteiger partial charge < -0.3 is 9.80 Å². The lowest BCUT2D eigenvalue weighted by atomic mass is 10.1. The molecule has 4 nitrogen and oxygen atoms in total. The van der Waals surface area contributed by atoms with Crippen molar-refractivity contribution in [3.63, 3.8) is 0 Å². The molecule has 1 aliphatic heterocycles. The lowest BCUT2D eigenvalue weighted by Crippen LogP contribution is -2.48. The van der Waals surface area contributed by atoms with Gasteiger partial charge in [0.25, 0.3) is 0 Å². The molecule has 0 unspecified atom stereocenters. The number of aryl methyl sites for hydroxylation is 2. The highest BCUT2D eigenvalue weighted by Gasteiger charge is 2.21. The molecule has 1 amide bonds. The number of carbonyl (C=O) groups is 1. The summed E-state index contributed by atoms with van der Waals surface area (Å²) < 4.78 is 0. The summed E-state index contributed by atoms with van der Waals surface area (Å²) in [7, 11) is 0. The van der Waals surface area contributed by atoms with Crippen LogP contribution in [0.1, 0.15) is 23.1 Å². The van der Waals surface area contributed by atoms with Crippen LogP contribution in [-0.4, -0.2) is 37.0 Å². The van der Waals surface area contributed by atoms with Crippen molar-refractivity contribution in [1.29, 1.82) is 5.26 Å². The van der Waals surface area contributed by atoms with Gasteiger partial charge in [0.15, 0.2) is 0 Å². The summed E-state index contributed by atoms with van der Waals surface area (Å²) in [6.45, 7) is 5.42. The largest absolute Gasteiger partial charge is 0.368 e. The van der Waals surface area contributed by atoms with Gasteiger partial charge in [-0.15, -0.1) is 0 Å². The monoisotopic (exact) mass is 333 g/mol. The van der Waals surface area contributed by atoms with Gasteiger partial charge in [0.2, 0.25) is 5.91 Å². The first kappa shape index (κ1) is 17.0. The lowest BCUT2D eigenvalue weighted by molar-refractivity contribution is -0.131. The quantitative estimate of drug-likeness (QED) is 0.863. The minimum Gasteiger partial charge on any atom is -0.368 e. The molecule has 3 rings (SSSR count). The maximum atomic E-state index is 12.4. The molecule has 1 heterocycles. The van der Waals surface area contributed by atoms with Crippen LogP contribution in [0.25, 0.3) is 0 Å². The first-order valence-corrected chi connectivity index (χ1v) is 8.74. The van der Waals surface area contributed by atoms with Crippen molar-refractivity contribution >= 4 is 11.6 Å². The van der Waals surface area contributed by atoms with Crippen LogP contribution in [0.4, 0.5) is 5.69 Å². The fourth-order valence-electron chi connectivity index (χ4n) is 3.19. The van der Waals surface area contributed by atoms with Crippen molar-refractivity contribution in [2.45, 2.75) is 19.8 Å². The van der Waals surface area contributed by atoms with E-state index in [9.17, 15) is 4.79 Å². The van der Waals surface area contributed by atoms with E-state index < -0.39 is 0 Å². The van der Waals surface area contributed by atoms with Crippen LogP contribution < -0.4 is 4.90 Å². The first-order valence-electron chi connectivity index (χ1n) is 8.74. The minimum absolute atomic E-state index is 0.216. The molecular formula is C21H23N3O. The number of nitrogens with zero attached hydrogens (tertiary/aromatic N) is 3. The molecule has 0 N–H and O–H groups in total. The van der Waals surface area contributed by atoms with Gasteiger partial charge in [0.1, 0.15) is 0 Å². The van der Waals surface area contributed by atoms with E-state index in [0.717, 1.165) is 38.2 Å². The number of carbonyl (C=O) groups excluding carboxylic acids is 1. The molecule has 0 radical (unpaired) electrons. The molecule has 0 saturated carbocycles. The Morgan fingerprint density at radius 2 is 1.80 bits per heavy atom. The average Bonchev–Trinajstić information content (AvgIpc) is 2.66. The highest BCUT2D eigenvalue weighted by atomic mass is 16.2. The molecule has 0 aromatic heterocycles. The maximum absolute atomic E-state index is 12.4. The number of rotatable bonds is 4. The number of hydrogen-bond acceptors (Lipinski definition) is 3. The van der Waals surface area contributed by atoms with Crippen LogP contribution in [0.2, 0.25) is 0 Å². The van der Waals surface area contributed by atoms with Crippen LogP contribution in [-0.2, 0) is 11.2 Å². The zero-order valence-corrected chi connectivity index (χ0v) is 14.6. The highest BCUT2D eigenvalue weighted by molar-refractivity contribution is 5.76. The van der Waals surface area contributed by atoms with Gasteiger partial charge in [-0.2, -0.15) is 5.26 Å². The SMILES string of the molecule is Cc1cccc(N2CCN(C(=O)CCc3ccc(C#N)cc3)CC2)c1. The summed E-state index contributed by atoms with van der Waals surface area (Å²) in [5.74, 6) is 0.216. The smallest absolute Gasteiger partial charge is 0.223 e. The minimum atomic E-state index is 0.216. The van der Waals surface area contributed by atoms with E-state index in [0.29, 0.717) is 12.0 Å². The van der Waals surface area contributed by atoms with Crippen molar-refractivity contribution in [2.24, 2.45) is 0 Å². The van der Waals surface area contributed by atoms with E-state index in [2.05, 4.69) is 42.2 Å². The normalized spacial score (nSPS) is 14.2. The Morgan fingerprint density at radius 3 is 2.44 bits per heavy atom. The predicted octanol–water partition coefficient (Wildman–Crippen LogP) is 3.15. The van der Waals surface area contributed by atoms with E-state index in [4.69, 9.17) is 5.26 Å². The fourth-order valence-corrected chi connectivity index (χ4v) is 3.19. The number of benzene rings is 2. The number of nitriles is 1. The average molecular weight is 333 g/mol. The summed E-state index contributed by atoms with van der Waals surface area (Å²) >= 11 is 0. The van der Waals surface area contributed by atoms with Crippen molar-refractivity contribution in [3.05, 3.63) is 65.2 Å². The van der Waals surface area contributed by atoms with Gasteiger partial charge >= 0.3 is 0 Å². The second-order valence-electron chi connectivity index (χ2n) is 6.52. The Kier molecular flexibility index (Phi) is 5.35. The van der Waals surface area contributed by atoms with Crippen molar-refractivity contribution in [3.8, 4) is 6.07 Å². The van der Waals surface area contributed by atoms with Gasteiger partial charge in [-0.1, -0.05) is 24.3 Å². The fraction of sp³-hybridized carbons (Fsp3) is 0.333. The molecule has 4 heteroatoms. The van der Waals surface area contributed by atoms with E-state index in [-0.39, 0.29) is 5.91 Å². The second-order valence-corrected chi connectivity index (χ2v) is 6.52. The first-order chi connectivity index (χ1) is 12.2. The third-order valence-corrected chi connectivity index (χ3v) is 4.71. The summed E-state index contributed by atoms with van der Waals surface area (Å²) in [6.07, 6.45) is 1.25. The van der Waals surface area contributed by atoms with Gasteiger partial charge in [0.05, 0.1) is 11.6 Å². The molecule has 1 fully saturated rings. The lowest BCUT2D eigenvalue weighted by Gasteiger charge is -2.36. The molecule has 0 atom stereocenters. The summed E-state index contributed by atoms with van der Waals surface area (Å²) in [4.78, 5) is 16.8. The van der Waals surface area contributed by atoms with E-state index in [1.165, 1.54) is 11.3 Å². The maximum Gasteiger partial charge on any atom is 0.223 e. The molecule has 25 heavy (non-hydrogen) atoms. The Labute approximate surface area is 149 Å². The van der Waals surface area contributed by atoms with Crippen LogP contribution >= 0.6 is 0 Å². The van der Waals surface area contributed by atoms with E-state index in [1.807, 2.05) is 17.0 Å². The van der Waals surface area contributed by atoms with Crippen molar-refractivity contribution in [2.75, 3.05) is 31.1 Å². The topological polar surface area (TPSA) is 47.3 Å². The molecule has 1 saturated heterocycles. The number of amides is 1. The molecule has 128 valence electrons. The van der Waals surface area contributed by atoms with Gasteiger partial charge in [-0.3, -0.25) is 4.79 Å². The van der Waals surface area contributed by atoms with Gasteiger partial charge in [-0.25, -0.2) is 0 Å². The van der Waals surface area contributed by atoms with Crippen molar-refractivity contribution in [1.82, 2.24) is 4.90 Å². The third-order valence-electron chi connectivity index (χ3n) is 4.71. The van der Waals surface area contributed by atoms with Gasteiger partial charge in [-0.05, 0) is 48.7 Å². The third kappa shape index (κ3) is 4.39. The summed E-state index contributed by atoms with van der Waals surface area (Å²) in [5, 5.41) is 8.82. The Morgan fingerprint density at radius 1 is 1.08 bits per heavy atom. The van der Waals surface area contributed by atoms with Crippen molar-refractivity contribution < 1.29 is 4.79 Å². The molecule has 1 aliphatic rings. The second kappa shape index (κ2) is 7.85. The van der Waals surface area contributed by atoms with E-state index in [1.54, 1.807) is 12.1 Å². The van der Waals surface area contributed by atoms with Crippen LogP contribution in [0.3, 0.4) is 0 Å². The summed E-state index contributed by atoms with van der Waals surface area (Å²) in [5.41, 5.74) is 4.26. The van der Waals surface area contributed by atoms with Crippen LogP contribution in [0, 0.1) is 18.3 Å². The highest BCUT2D eigenvalue weighted by Crippen LogP contribution is 2.18. The number of piperazine rings is 1. The number of anilines is 1. The molecular weight excluding hydrogens is 310 g/mol. The molecule has 2 aromatic rings. The molecule has 0 bridgehead atoms.